The van der Waals surface area contributed by atoms with Crippen molar-refractivity contribution in [3.63, 3.8) is 0 Å². The zero-order valence-electron chi connectivity index (χ0n) is 11.6. The van der Waals surface area contributed by atoms with Gasteiger partial charge in [-0.15, -0.1) is 0 Å². The minimum absolute atomic E-state index is 0.760. The van der Waals surface area contributed by atoms with Gasteiger partial charge in [0, 0.05) is 50.3 Å². The SMILES string of the molecule is C=C(Cl)CN1CCN(CC2CCCCN2C)CC1. The van der Waals surface area contributed by atoms with Gasteiger partial charge in [-0.1, -0.05) is 24.6 Å². The Hall–Kier alpha value is -0.0900. The van der Waals surface area contributed by atoms with Crippen molar-refractivity contribution in [1.82, 2.24) is 14.7 Å². The summed E-state index contributed by atoms with van der Waals surface area (Å²) in [6, 6.07) is 0.772. The van der Waals surface area contributed by atoms with Crippen molar-refractivity contribution < 1.29 is 0 Å². The summed E-state index contributed by atoms with van der Waals surface area (Å²) >= 11 is 5.87. The van der Waals surface area contributed by atoms with E-state index in [4.69, 9.17) is 11.6 Å². The average molecular weight is 272 g/mol. The van der Waals surface area contributed by atoms with E-state index in [-0.39, 0.29) is 0 Å². The Kier molecular flexibility index (Phi) is 5.49. The van der Waals surface area contributed by atoms with E-state index in [9.17, 15) is 0 Å². The van der Waals surface area contributed by atoms with E-state index < -0.39 is 0 Å². The first-order chi connectivity index (χ1) is 8.65. The van der Waals surface area contributed by atoms with Crippen LogP contribution in [0.15, 0.2) is 11.6 Å². The zero-order chi connectivity index (χ0) is 13.0. The predicted molar refractivity (Wildman–Crippen MR) is 78.1 cm³/mol. The van der Waals surface area contributed by atoms with E-state index in [1.807, 2.05) is 0 Å². The molecule has 2 saturated heterocycles. The fourth-order valence-corrected chi connectivity index (χ4v) is 3.21. The van der Waals surface area contributed by atoms with Crippen LogP contribution in [0.25, 0.3) is 0 Å². The summed E-state index contributed by atoms with van der Waals surface area (Å²) in [4.78, 5) is 7.55. The minimum atomic E-state index is 0.760. The first-order valence-electron chi connectivity index (χ1n) is 7.13. The molecule has 0 aromatic rings. The van der Waals surface area contributed by atoms with Gasteiger partial charge in [0.15, 0.2) is 0 Å². The van der Waals surface area contributed by atoms with Gasteiger partial charge >= 0.3 is 0 Å². The summed E-state index contributed by atoms with van der Waals surface area (Å²) in [6.07, 6.45) is 4.15. The molecule has 0 spiro atoms. The molecule has 2 fully saturated rings. The molecule has 2 rings (SSSR count). The lowest BCUT2D eigenvalue weighted by atomic mass is 10.0. The fourth-order valence-electron chi connectivity index (χ4n) is 3.05. The van der Waals surface area contributed by atoms with E-state index in [1.165, 1.54) is 45.4 Å². The fraction of sp³-hybridized carbons (Fsp3) is 0.857. The molecule has 4 heteroatoms. The first-order valence-corrected chi connectivity index (χ1v) is 7.51. The van der Waals surface area contributed by atoms with Crippen LogP contribution in [0.5, 0.6) is 0 Å². The van der Waals surface area contributed by atoms with Crippen molar-refractivity contribution in [2.45, 2.75) is 25.3 Å². The van der Waals surface area contributed by atoms with Crippen molar-refractivity contribution in [3.8, 4) is 0 Å². The van der Waals surface area contributed by atoms with Crippen LogP contribution in [0.4, 0.5) is 0 Å². The molecule has 2 heterocycles. The van der Waals surface area contributed by atoms with Gasteiger partial charge in [0.25, 0.3) is 0 Å². The van der Waals surface area contributed by atoms with E-state index in [1.54, 1.807) is 0 Å². The quantitative estimate of drug-likeness (QED) is 0.773. The summed E-state index contributed by atoms with van der Waals surface area (Å²) < 4.78 is 0. The van der Waals surface area contributed by atoms with Crippen LogP contribution in [0.2, 0.25) is 0 Å². The zero-order valence-corrected chi connectivity index (χ0v) is 12.3. The molecule has 1 atom stereocenters. The third-order valence-corrected chi connectivity index (χ3v) is 4.37. The Labute approximate surface area is 116 Å². The van der Waals surface area contributed by atoms with E-state index in [2.05, 4.69) is 28.3 Å². The molecule has 0 aliphatic carbocycles. The van der Waals surface area contributed by atoms with Gasteiger partial charge in [-0.3, -0.25) is 9.80 Å². The number of hydrogen-bond donors (Lipinski definition) is 0. The molecule has 1 unspecified atom stereocenters. The van der Waals surface area contributed by atoms with Gasteiger partial charge in [0.1, 0.15) is 0 Å². The van der Waals surface area contributed by atoms with Crippen LogP contribution in [-0.4, -0.2) is 73.6 Å². The Morgan fingerprint density at radius 3 is 2.39 bits per heavy atom. The highest BCUT2D eigenvalue weighted by molar-refractivity contribution is 6.29. The normalized spacial score (nSPS) is 28.4. The van der Waals surface area contributed by atoms with Gasteiger partial charge in [-0.05, 0) is 26.4 Å². The largest absolute Gasteiger partial charge is 0.302 e. The molecular formula is C14H26ClN3. The Balaban J connectivity index is 1.71. The summed E-state index contributed by atoms with van der Waals surface area (Å²) in [5.41, 5.74) is 0. The van der Waals surface area contributed by atoms with Crippen LogP contribution in [0, 0.1) is 0 Å². The topological polar surface area (TPSA) is 9.72 Å². The van der Waals surface area contributed by atoms with E-state index in [0.717, 1.165) is 30.7 Å². The van der Waals surface area contributed by atoms with Gasteiger partial charge < -0.3 is 4.90 Å². The standard InChI is InChI=1S/C14H26ClN3/c1-13(15)11-17-7-9-18(10-8-17)12-14-5-3-4-6-16(14)2/h14H,1,3-12H2,2H3. The summed E-state index contributed by atoms with van der Waals surface area (Å²) in [5, 5.41) is 0.760. The van der Waals surface area contributed by atoms with Gasteiger partial charge in [0.2, 0.25) is 0 Å². The molecule has 0 amide bonds. The van der Waals surface area contributed by atoms with Crippen LogP contribution >= 0.6 is 11.6 Å². The van der Waals surface area contributed by atoms with Gasteiger partial charge in [-0.2, -0.15) is 0 Å². The van der Waals surface area contributed by atoms with Crippen molar-refractivity contribution in [2.24, 2.45) is 0 Å². The number of halogens is 1. The van der Waals surface area contributed by atoms with Crippen molar-refractivity contribution in [1.29, 1.82) is 0 Å². The second-order valence-electron chi connectivity index (χ2n) is 5.72. The highest BCUT2D eigenvalue weighted by Gasteiger charge is 2.24. The third-order valence-electron chi connectivity index (χ3n) is 4.25. The van der Waals surface area contributed by atoms with Crippen LogP contribution in [0.1, 0.15) is 19.3 Å². The molecule has 0 aromatic carbocycles. The Morgan fingerprint density at radius 1 is 1.11 bits per heavy atom. The van der Waals surface area contributed by atoms with Crippen molar-refractivity contribution in [2.75, 3.05) is 52.9 Å². The predicted octanol–water partition coefficient (Wildman–Crippen LogP) is 1.84. The second-order valence-corrected chi connectivity index (χ2v) is 6.26. The average Bonchev–Trinajstić information content (AvgIpc) is 2.34. The lowest BCUT2D eigenvalue weighted by molar-refractivity contribution is 0.0885. The maximum atomic E-state index is 5.87. The molecule has 18 heavy (non-hydrogen) atoms. The van der Waals surface area contributed by atoms with Crippen molar-refractivity contribution in [3.05, 3.63) is 11.6 Å². The summed E-state index contributed by atoms with van der Waals surface area (Å²) in [5.74, 6) is 0. The molecule has 3 nitrogen and oxygen atoms in total. The molecular weight excluding hydrogens is 246 g/mol. The van der Waals surface area contributed by atoms with Crippen LogP contribution in [-0.2, 0) is 0 Å². The number of nitrogens with zero attached hydrogens (tertiary/aromatic N) is 3. The Morgan fingerprint density at radius 2 is 1.78 bits per heavy atom. The molecule has 0 aromatic heterocycles. The maximum Gasteiger partial charge on any atom is 0.0336 e. The molecule has 0 bridgehead atoms. The second kappa shape index (κ2) is 6.90. The number of piperazine rings is 1. The smallest absolute Gasteiger partial charge is 0.0336 e. The molecule has 2 aliphatic heterocycles. The number of likely N-dealkylation sites (tertiary alicyclic amines) is 1. The molecule has 0 saturated carbocycles. The number of hydrogen-bond acceptors (Lipinski definition) is 3. The Bertz CT molecular complexity index is 274. The van der Waals surface area contributed by atoms with Crippen LogP contribution < -0.4 is 0 Å². The number of piperidine rings is 1. The molecule has 0 N–H and O–H groups in total. The molecule has 2 aliphatic rings. The highest BCUT2D eigenvalue weighted by Crippen LogP contribution is 2.17. The van der Waals surface area contributed by atoms with Crippen molar-refractivity contribution >= 4 is 11.6 Å². The lowest BCUT2D eigenvalue weighted by Gasteiger charge is -2.40. The highest BCUT2D eigenvalue weighted by atomic mass is 35.5. The maximum absolute atomic E-state index is 5.87. The number of rotatable bonds is 4. The van der Waals surface area contributed by atoms with E-state index >= 15 is 0 Å². The van der Waals surface area contributed by atoms with Gasteiger partial charge in [0.05, 0.1) is 0 Å². The first kappa shape index (κ1) is 14.3. The lowest BCUT2D eigenvalue weighted by Crippen LogP contribution is -2.51. The number of likely N-dealkylation sites (N-methyl/N-ethyl adjacent to an activating group) is 1. The minimum Gasteiger partial charge on any atom is -0.302 e. The third kappa shape index (κ3) is 4.23. The summed E-state index contributed by atoms with van der Waals surface area (Å²) in [6.45, 7) is 11.7. The molecule has 0 radical (unpaired) electrons. The summed E-state index contributed by atoms with van der Waals surface area (Å²) in [7, 11) is 2.28. The monoisotopic (exact) mass is 271 g/mol. The van der Waals surface area contributed by atoms with Gasteiger partial charge in [-0.25, -0.2) is 0 Å². The van der Waals surface area contributed by atoms with E-state index in [0.29, 0.717) is 0 Å². The molecule has 104 valence electrons. The van der Waals surface area contributed by atoms with Crippen LogP contribution in [0.3, 0.4) is 0 Å².